The highest BCUT2D eigenvalue weighted by Gasteiger charge is 2.42. The Bertz CT molecular complexity index is 1520. The fourth-order valence-electron chi connectivity index (χ4n) is 5.24. The lowest BCUT2D eigenvalue weighted by molar-refractivity contribution is -0.384. The van der Waals surface area contributed by atoms with Crippen molar-refractivity contribution in [3.63, 3.8) is 0 Å². The molecule has 4 aromatic rings. The lowest BCUT2D eigenvalue weighted by Gasteiger charge is -2.28. The Morgan fingerprint density at radius 2 is 1.87 bits per heavy atom. The highest BCUT2D eigenvalue weighted by atomic mass is 32.1. The third-order valence-electron chi connectivity index (χ3n) is 6.93. The van der Waals surface area contributed by atoms with Crippen LogP contribution in [0.25, 0.3) is 5.69 Å². The molecule has 0 unspecified atom stereocenters. The van der Waals surface area contributed by atoms with E-state index in [1.54, 1.807) is 12.3 Å². The van der Waals surface area contributed by atoms with Gasteiger partial charge in [0.1, 0.15) is 11.5 Å². The van der Waals surface area contributed by atoms with Gasteiger partial charge in [0.15, 0.2) is 5.11 Å². The number of aryl methyl sites for hydroxylation is 1. The average molecular weight is 544 g/mol. The molecule has 9 nitrogen and oxygen atoms in total. The quantitative estimate of drug-likeness (QED) is 0.165. The van der Waals surface area contributed by atoms with E-state index < -0.39 is 4.92 Å². The van der Waals surface area contributed by atoms with Gasteiger partial charge in [0.25, 0.3) is 5.69 Å². The SMILES string of the molecule is CCOc1ccc(N2C(=S)N[C@@H](c3ccccn3)[C@@H]2c2cc(C)n(-c3ccc([N+](=O)[O-])cc3OC)c2C)cc1. The minimum atomic E-state index is -0.426. The smallest absolute Gasteiger partial charge is 0.273 e. The van der Waals surface area contributed by atoms with Gasteiger partial charge in [-0.15, -0.1) is 0 Å². The molecule has 1 saturated heterocycles. The molecular formula is C29H29N5O4S. The monoisotopic (exact) mass is 543 g/mol. The molecule has 1 aliphatic heterocycles. The zero-order valence-corrected chi connectivity index (χ0v) is 22.9. The van der Waals surface area contributed by atoms with Gasteiger partial charge in [0.05, 0.1) is 48.2 Å². The van der Waals surface area contributed by atoms with Gasteiger partial charge in [0, 0.05) is 29.3 Å². The van der Waals surface area contributed by atoms with Crippen LogP contribution in [0.1, 0.15) is 41.7 Å². The predicted octanol–water partition coefficient (Wildman–Crippen LogP) is 5.98. The second-order valence-corrected chi connectivity index (χ2v) is 9.59. The highest BCUT2D eigenvalue weighted by Crippen LogP contribution is 2.44. The standard InChI is InChI=1S/C29H29N5O4S/c1-5-38-22-12-9-20(10-13-22)33-28(27(31-29(33)39)24-8-6-7-15-30-24)23-16-18(2)32(19(23)3)25-14-11-21(34(35)36)17-26(25)37-4/h6-17,27-28H,5H2,1-4H3,(H,31,39)/t27-,28-/m0/s1. The van der Waals surface area contributed by atoms with E-state index in [1.807, 2.05) is 63.2 Å². The van der Waals surface area contributed by atoms with Crippen molar-refractivity contribution in [1.82, 2.24) is 14.9 Å². The first-order valence-electron chi connectivity index (χ1n) is 12.6. The van der Waals surface area contributed by atoms with Crippen LogP contribution in [0.15, 0.2) is 72.9 Å². The maximum Gasteiger partial charge on any atom is 0.273 e. The Labute approximate surface area is 232 Å². The van der Waals surface area contributed by atoms with E-state index >= 15 is 0 Å². The van der Waals surface area contributed by atoms with Crippen LogP contribution in [-0.4, -0.2) is 33.3 Å². The Morgan fingerprint density at radius 1 is 1.10 bits per heavy atom. The van der Waals surface area contributed by atoms with E-state index in [1.165, 1.54) is 19.2 Å². The lowest BCUT2D eigenvalue weighted by atomic mass is 9.96. The molecule has 0 bridgehead atoms. The second kappa shape index (κ2) is 10.7. The van der Waals surface area contributed by atoms with Crippen LogP contribution in [0.2, 0.25) is 0 Å². The predicted molar refractivity (Wildman–Crippen MR) is 154 cm³/mol. The van der Waals surface area contributed by atoms with Gasteiger partial charge in [-0.25, -0.2) is 0 Å². The van der Waals surface area contributed by atoms with Crippen LogP contribution in [-0.2, 0) is 0 Å². The minimum absolute atomic E-state index is 0.0273. The summed E-state index contributed by atoms with van der Waals surface area (Å²) in [5.74, 6) is 1.21. The van der Waals surface area contributed by atoms with Crippen molar-refractivity contribution in [2.45, 2.75) is 32.9 Å². The number of nitro groups is 1. The van der Waals surface area contributed by atoms with Gasteiger partial charge >= 0.3 is 0 Å². The topological polar surface area (TPSA) is 94.7 Å². The summed E-state index contributed by atoms with van der Waals surface area (Å²) in [5, 5.41) is 15.5. The van der Waals surface area contributed by atoms with Gasteiger partial charge in [-0.3, -0.25) is 15.1 Å². The summed E-state index contributed by atoms with van der Waals surface area (Å²) in [6.45, 7) is 6.59. The number of anilines is 1. The van der Waals surface area contributed by atoms with Crippen molar-refractivity contribution in [3.8, 4) is 17.2 Å². The Kier molecular flexibility index (Phi) is 7.21. The average Bonchev–Trinajstić information content (AvgIpc) is 3.44. The molecule has 2 aromatic carbocycles. The van der Waals surface area contributed by atoms with E-state index in [2.05, 4.69) is 25.8 Å². The van der Waals surface area contributed by atoms with Crippen LogP contribution in [0.4, 0.5) is 11.4 Å². The molecule has 1 fully saturated rings. The summed E-state index contributed by atoms with van der Waals surface area (Å²) in [4.78, 5) is 17.7. The van der Waals surface area contributed by atoms with Gasteiger partial charge in [-0.1, -0.05) is 6.07 Å². The first-order chi connectivity index (χ1) is 18.8. The maximum atomic E-state index is 11.4. The third kappa shape index (κ3) is 4.79. The molecule has 0 aliphatic carbocycles. The van der Waals surface area contributed by atoms with Gasteiger partial charge in [0.2, 0.25) is 0 Å². The zero-order valence-electron chi connectivity index (χ0n) is 22.1. The van der Waals surface area contributed by atoms with E-state index in [9.17, 15) is 10.1 Å². The summed E-state index contributed by atoms with van der Waals surface area (Å²) in [6, 6.07) is 20.1. The van der Waals surface area contributed by atoms with Crippen molar-refractivity contribution in [3.05, 3.63) is 106 Å². The summed E-state index contributed by atoms with van der Waals surface area (Å²) in [6.07, 6.45) is 1.78. The molecule has 2 aromatic heterocycles. The molecule has 5 rings (SSSR count). The number of rotatable bonds is 8. The number of ether oxygens (including phenoxy) is 2. The van der Waals surface area contributed by atoms with E-state index in [0.29, 0.717) is 17.5 Å². The second-order valence-electron chi connectivity index (χ2n) is 9.20. The first-order valence-corrected chi connectivity index (χ1v) is 13.0. The van der Waals surface area contributed by atoms with Crippen molar-refractivity contribution < 1.29 is 14.4 Å². The molecule has 3 heterocycles. The normalized spacial score (nSPS) is 16.7. The minimum Gasteiger partial charge on any atom is -0.494 e. The van der Waals surface area contributed by atoms with Crippen molar-refractivity contribution >= 4 is 28.7 Å². The summed E-state index contributed by atoms with van der Waals surface area (Å²) in [7, 11) is 1.52. The van der Waals surface area contributed by atoms with Crippen LogP contribution in [0.3, 0.4) is 0 Å². The molecule has 1 N–H and O–H groups in total. The van der Waals surface area contributed by atoms with Gasteiger partial charge in [-0.2, -0.15) is 0 Å². The molecule has 1 aliphatic rings. The number of aromatic nitrogens is 2. The zero-order chi connectivity index (χ0) is 27.7. The number of non-ortho nitro benzene ring substituents is 1. The highest BCUT2D eigenvalue weighted by molar-refractivity contribution is 7.80. The largest absolute Gasteiger partial charge is 0.494 e. The van der Waals surface area contributed by atoms with E-state index in [4.69, 9.17) is 21.7 Å². The number of benzene rings is 2. The summed E-state index contributed by atoms with van der Waals surface area (Å²) >= 11 is 5.88. The number of thiocarbonyl (C=S) groups is 1. The Hall–Kier alpha value is -4.44. The molecule has 0 saturated carbocycles. The molecule has 2 atom stereocenters. The molecule has 0 amide bonds. The van der Waals surface area contributed by atoms with Crippen molar-refractivity contribution in [2.24, 2.45) is 0 Å². The summed E-state index contributed by atoms with van der Waals surface area (Å²) < 4.78 is 13.3. The Morgan fingerprint density at radius 3 is 2.51 bits per heavy atom. The number of nitrogens with one attached hydrogen (secondary N) is 1. The van der Waals surface area contributed by atoms with Crippen LogP contribution in [0.5, 0.6) is 11.5 Å². The van der Waals surface area contributed by atoms with Gasteiger partial charge < -0.3 is 24.3 Å². The third-order valence-corrected chi connectivity index (χ3v) is 7.24. The summed E-state index contributed by atoms with van der Waals surface area (Å²) in [5.41, 5.74) is 5.46. The number of hydrogen-bond donors (Lipinski definition) is 1. The van der Waals surface area contributed by atoms with E-state index in [-0.39, 0.29) is 17.8 Å². The van der Waals surface area contributed by atoms with Gasteiger partial charge in [-0.05, 0) is 87.1 Å². The number of nitrogens with zero attached hydrogens (tertiary/aromatic N) is 4. The lowest BCUT2D eigenvalue weighted by Crippen LogP contribution is -2.29. The molecule has 200 valence electrons. The first kappa shape index (κ1) is 26.2. The van der Waals surface area contributed by atoms with Crippen molar-refractivity contribution in [2.75, 3.05) is 18.6 Å². The Balaban J connectivity index is 1.65. The van der Waals surface area contributed by atoms with Crippen LogP contribution < -0.4 is 19.7 Å². The van der Waals surface area contributed by atoms with E-state index in [0.717, 1.165) is 39.8 Å². The van der Waals surface area contributed by atoms with Crippen LogP contribution >= 0.6 is 12.2 Å². The number of methoxy groups -OCH3 is 1. The van der Waals surface area contributed by atoms with Crippen molar-refractivity contribution in [1.29, 1.82) is 0 Å². The molecule has 39 heavy (non-hydrogen) atoms. The molecule has 0 radical (unpaired) electrons. The number of pyridine rings is 1. The number of hydrogen-bond acceptors (Lipinski definition) is 6. The fraction of sp³-hybridized carbons (Fsp3) is 0.241. The fourth-order valence-corrected chi connectivity index (χ4v) is 5.59. The molecular weight excluding hydrogens is 514 g/mol. The maximum absolute atomic E-state index is 11.4. The molecule has 10 heteroatoms. The van der Waals surface area contributed by atoms with Crippen LogP contribution in [0, 0.1) is 24.0 Å². The molecule has 0 spiro atoms. The number of nitro benzene ring substituents is 1.